The molecule has 2 aromatic rings. The lowest BCUT2D eigenvalue weighted by molar-refractivity contribution is -0.148. The van der Waals surface area contributed by atoms with Crippen molar-refractivity contribution in [2.75, 3.05) is 46.7 Å². The van der Waals surface area contributed by atoms with Crippen molar-refractivity contribution < 1.29 is 67.3 Å². The summed E-state index contributed by atoms with van der Waals surface area (Å²) >= 11 is 4.14. The Balaban J connectivity index is 0.0000212. The van der Waals surface area contributed by atoms with Crippen LogP contribution < -0.4 is 26.6 Å². The molecule has 10 amide bonds. The van der Waals surface area contributed by atoms with E-state index >= 15 is 0 Å². The maximum atomic E-state index is 14.8. The van der Waals surface area contributed by atoms with Crippen molar-refractivity contribution in [1.82, 2.24) is 40.9 Å². The van der Waals surface area contributed by atoms with Crippen LogP contribution in [0.1, 0.15) is 159 Å². The molecule has 0 spiro atoms. The average Bonchev–Trinajstić information content (AvgIpc) is 2.23. The van der Waals surface area contributed by atoms with Crippen LogP contribution in [0.25, 0.3) is 0 Å². The molecule has 2 heterocycles. The lowest BCUT2D eigenvalue weighted by Crippen LogP contribution is -2.60. The van der Waals surface area contributed by atoms with Crippen LogP contribution in [0.2, 0.25) is 0 Å². The molecule has 2 saturated heterocycles. The third-order valence-corrected chi connectivity index (χ3v) is 17.6. The lowest BCUT2D eigenvalue weighted by atomic mass is 9.89. The minimum Gasteiger partial charge on any atom is -0.445 e. The summed E-state index contributed by atoms with van der Waals surface area (Å²) in [4.78, 5) is 140. The van der Waals surface area contributed by atoms with Crippen LogP contribution >= 0.6 is 12.6 Å². The molecule has 0 bridgehead atoms. The van der Waals surface area contributed by atoms with E-state index in [1.807, 2.05) is 45.9 Å². The van der Waals surface area contributed by atoms with Gasteiger partial charge in [0.05, 0.1) is 54.0 Å². The van der Waals surface area contributed by atoms with Crippen molar-refractivity contribution in [2.24, 2.45) is 29.6 Å². The van der Waals surface area contributed by atoms with Gasteiger partial charge in [-0.2, -0.15) is 12.6 Å². The zero-order valence-electron chi connectivity index (χ0n) is 54.9. The number of benzene rings is 2. The number of hydrogen-bond acceptors (Lipinski definition) is 15. The highest BCUT2D eigenvalue weighted by molar-refractivity contribution is 7.81. The van der Waals surface area contributed by atoms with E-state index in [0.29, 0.717) is 61.9 Å². The summed E-state index contributed by atoms with van der Waals surface area (Å²) in [6.07, 6.45) is 0.515. The molecule has 24 heteroatoms. The maximum absolute atomic E-state index is 14.8. The molecule has 13 atom stereocenters. The monoisotopic (exact) mass is 1280 g/mol. The predicted octanol–water partition coefficient (Wildman–Crippen LogP) is 6.42. The molecule has 2 aliphatic heterocycles. The number of aliphatic hydroxyl groups excluding tert-OH is 1. The number of aliphatic hydroxyl groups is 1. The van der Waals surface area contributed by atoms with Crippen LogP contribution in [-0.4, -0.2) is 185 Å². The number of nitrogens with one attached hydrogen (secondary N) is 5. The first-order valence-electron chi connectivity index (χ1n) is 31.4. The predicted molar refractivity (Wildman–Crippen MR) is 347 cm³/mol. The summed E-state index contributed by atoms with van der Waals surface area (Å²) < 4.78 is 17.7. The van der Waals surface area contributed by atoms with Crippen LogP contribution in [0.3, 0.4) is 0 Å². The molecule has 0 saturated carbocycles. The molecule has 0 aromatic heterocycles. The van der Waals surface area contributed by atoms with Crippen molar-refractivity contribution in [1.29, 1.82) is 0 Å². The molecule has 2 aliphatic rings. The van der Waals surface area contributed by atoms with Gasteiger partial charge in [0.15, 0.2) is 0 Å². The number of carbonyl (C=O) groups excluding carboxylic acids is 10. The quantitative estimate of drug-likeness (QED) is 0.0226. The van der Waals surface area contributed by atoms with Gasteiger partial charge in [-0.15, -0.1) is 0 Å². The van der Waals surface area contributed by atoms with Gasteiger partial charge in [0.1, 0.15) is 30.8 Å². The van der Waals surface area contributed by atoms with E-state index in [-0.39, 0.29) is 81.2 Å². The molecule has 23 nitrogen and oxygen atoms in total. The minimum atomic E-state index is -1.06. The van der Waals surface area contributed by atoms with Gasteiger partial charge >= 0.3 is 6.09 Å². The fraction of sp³-hybridized carbons (Fsp3) is 0.667. The first kappa shape index (κ1) is 77.6. The number of thiol groups is 1. The third kappa shape index (κ3) is 21.5. The molecule has 2 fully saturated rings. The Kier molecular flexibility index (Phi) is 31.9. The number of imide groups is 1. The highest BCUT2D eigenvalue weighted by Gasteiger charge is 2.44. The molecule has 504 valence electrons. The summed E-state index contributed by atoms with van der Waals surface area (Å²) in [5.74, 6) is -5.45. The van der Waals surface area contributed by atoms with Gasteiger partial charge in [-0.1, -0.05) is 125 Å². The second-order valence-electron chi connectivity index (χ2n) is 24.9. The van der Waals surface area contributed by atoms with Crippen LogP contribution in [0.15, 0.2) is 54.6 Å². The van der Waals surface area contributed by atoms with E-state index in [2.05, 4.69) is 39.2 Å². The number of nitrogens with zero attached hydrogens (tertiary/aromatic N) is 4. The number of amides is 10. The Bertz CT molecular complexity index is 2700. The van der Waals surface area contributed by atoms with Crippen molar-refractivity contribution in [3.8, 4) is 0 Å². The van der Waals surface area contributed by atoms with E-state index in [4.69, 9.17) is 14.2 Å². The second kappa shape index (κ2) is 37.0. The summed E-state index contributed by atoms with van der Waals surface area (Å²) in [5.41, 5.74) is 1.63. The Morgan fingerprint density at radius 3 is 1.92 bits per heavy atom. The topological polar surface area (TPSA) is 292 Å². The van der Waals surface area contributed by atoms with Crippen LogP contribution in [0, 0.1) is 29.6 Å². The second-order valence-corrected chi connectivity index (χ2v) is 25.6. The molecule has 2 aromatic carbocycles. The van der Waals surface area contributed by atoms with Gasteiger partial charge in [0.2, 0.25) is 53.2 Å². The summed E-state index contributed by atoms with van der Waals surface area (Å²) in [5, 5.41) is 24.4. The van der Waals surface area contributed by atoms with Gasteiger partial charge in [-0.05, 0) is 86.5 Å². The van der Waals surface area contributed by atoms with Gasteiger partial charge in [0, 0.05) is 59.9 Å². The molecular formula is C66H105N9O14S. The fourth-order valence-corrected chi connectivity index (χ4v) is 12.0. The Labute approximate surface area is 539 Å². The molecule has 0 aliphatic carbocycles. The van der Waals surface area contributed by atoms with E-state index in [0.717, 1.165) is 0 Å². The summed E-state index contributed by atoms with van der Waals surface area (Å²) in [6, 6.07) is 9.93. The first-order chi connectivity index (χ1) is 42.0. The lowest BCUT2D eigenvalue weighted by Gasteiger charge is -2.41. The Morgan fingerprint density at radius 1 is 0.733 bits per heavy atom. The number of hydrogen-bond donors (Lipinski definition) is 7. The number of ether oxygens (including phenoxy) is 3. The number of likely N-dealkylation sites (tertiary alicyclic amines) is 2. The van der Waals surface area contributed by atoms with E-state index in [1.165, 1.54) is 38.0 Å². The minimum absolute atomic E-state index is 0. The average molecular weight is 1280 g/mol. The zero-order valence-corrected chi connectivity index (χ0v) is 55.8. The van der Waals surface area contributed by atoms with Crippen LogP contribution in [0.5, 0.6) is 0 Å². The van der Waals surface area contributed by atoms with Gasteiger partial charge in [-0.3, -0.25) is 53.0 Å². The summed E-state index contributed by atoms with van der Waals surface area (Å²) in [6.45, 7) is 20.2. The van der Waals surface area contributed by atoms with Gasteiger partial charge in [0.25, 0.3) is 0 Å². The number of carbonyl (C=O) groups is 10. The van der Waals surface area contributed by atoms with E-state index < -0.39 is 113 Å². The van der Waals surface area contributed by atoms with Gasteiger partial charge < -0.3 is 55.7 Å². The molecular weight excluding hydrogens is 1170 g/mol. The highest BCUT2D eigenvalue weighted by atomic mass is 32.1. The zero-order chi connectivity index (χ0) is 66.6. The van der Waals surface area contributed by atoms with Crippen molar-refractivity contribution >= 4 is 77.6 Å². The fourth-order valence-electron chi connectivity index (χ4n) is 11.7. The number of likely N-dealkylation sites (N-methyl/N-ethyl adjacent to an activating group) is 2. The normalized spacial score (nSPS) is 18.6. The molecule has 4 rings (SSSR count). The van der Waals surface area contributed by atoms with Crippen LogP contribution in [0.4, 0.5) is 10.5 Å². The van der Waals surface area contributed by atoms with E-state index in [1.54, 1.807) is 94.8 Å². The molecule has 6 N–H and O–H groups in total. The van der Waals surface area contributed by atoms with Crippen LogP contribution in [-0.2, 0) is 64.0 Å². The Hall–Kier alpha value is -6.63. The molecule has 0 radical (unpaired) electrons. The van der Waals surface area contributed by atoms with Crippen molar-refractivity contribution in [3.63, 3.8) is 0 Å². The number of anilines is 1. The molecule has 90 heavy (non-hydrogen) atoms. The van der Waals surface area contributed by atoms with Crippen molar-refractivity contribution in [3.05, 3.63) is 65.7 Å². The highest BCUT2D eigenvalue weighted by Crippen LogP contribution is 2.31. The number of rotatable bonds is 34. The Morgan fingerprint density at radius 2 is 1.37 bits per heavy atom. The number of methoxy groups -OCH3 is 2. The standard InChI is InChI=1S/C65H101N9O14S.CH4/c1-16-40(8)56(48(86-14)34-51(76)73-33-23-26-47(73)58(87-15)41(9)59(79)66-42(10)57(78)45-24-19-17-20-25-45)71(12)64(84)54(38(4)5)70-62(82)55(39(6)7)72(13)65(85)88-36-44-28-30-46(31-29-44)68-60(80)43(11)67-61(81)53(37(2)3)69-50(75)27-21-18-22-32-74-52(77)35-49(89)63(74)83;/h17,19-20,24-25,28-31,37-43,47-49,53-58,78,89H,16,18,21-23,26-27,32-36H2,1-15H3,(H,66,79)(H,67,81)(H,68,80)(H,69,75)(H,70,82);1H4/t40-,41+,42+,43-,47-,48+,49?,53-,54-,55-,56-,57+,58+;/m0./s1. The third-order valence-electron chi connectivity index (χ3n) is 17.2. The smallest absolute Gasteiger partial charge is 0.410 e. The molecule has 1 unspecified atom stereocenters. The maximum Gasteiger partial charge on any atom is 0.410 e. The van der Waals surface area contributed by atoms with E-state index in [9.17, 15) is 53.1 Å². The van der Waals surface area contributed by atoms with Gasteiger partial charge in [-0.25, -0.2) is 4.79 Å². The number of unbranched alkanes of at least 4 members (excludes halogenated alkanes) is 2. The first-order valence-corrected chi connectivity index (χ1v) is 31.9. The SMILES string of the molecule is C.CC[C@H](C)[C@@H]([C@@H](CC(=O)N1CCC[C@H]1[C@H](OC)[C@@H](C)C(=O)N[C@H](C)[C@@H](O)c1ccccc1)OC)N(C)C(=O)[C@@H](NC(=O)[C@H](C(C)C)N(C)C(=O)OCc1ccc(NC(=O)[C@H](C)NC(=O)[C@@H](NC(=O)CCCCCN2C(=O)CC(S)C2=O)C(C)C)cc1)C(C)C. The van der Waals surface area contributed by atoms with Crippen molar-refractivity contribution in [2.45, 2.75) is 214 Å². The largest absolute Gasteiger partial charge is 0.445 e. The summed E-state index contributed by atoms with van der Waals surface area (Å²) in [7, 11) is 6.11.